The van der Waals surface area contributed by atoms with Crippen molar-refractivity contribution < 1.29 is 4.79 Å². The summed E-state index contributed by atoms with van der Waals surface area (Å²) in [5, 5.41) is 0. The molecular formula is C13H21N5O. The third-order valence-electron chi connectivity index (χ3n) is 3.48. The second-order valence-electron chi connectivity index (χ2n) is 5.06. The largest absolute Gasteiger partial charge is 0.366 e. The standard InChI is InChI=1S/C13H21N5O/c1-9-5-10(13(15)19)6-12(16-9)18-4-3-17(2)8-11(18)7-14/h5-6,11H,3-4,7-8,14H2,1-2H3,(H2,15,19). The van der Waals surface area contributed by atoms with Crippen LogP contribution in [-0.2, 0) is 0 Å². The van der Waals surface area contributed by atoms with Crippen LogP contribution in [0.5, 0.6) is 0 Å². The summed E-state index contributed by atoms with van der Waals surface area (Å²) in [5.74, 6) is 0.363. The van der Waals surface area contributed by atoms with Crippen molar-refractivity contribution in [3.63, 3.8) is 0 Å². The molecule has 2 rings (SSSR count). The molecule has 1 aromatic heterocycles. The topological polar surface area (TPSA) is 88.5 Å². The average molecular weight is 263 g/mol. The van der Waals surface area contributed by atoms with Gasteiger partial charge in [-0.15, -0.1) is 0 Å². The van der Waals surface area contributed by atoms with Crippen molar-refractivity contribution in [2.75, 3.05) is 38.1 Å². The number of hydrogen-bond acceptors (Lipinski definition) is 5. The molecule has 4 N–H and O–H groups in total. The molecule has 1 aliphatic rings. The van der Waals surface area contributed by atoms with E-state index in [0.717, 1.165) is 31.1 Å². The second-order valence-corrected chi connectivity index (χ2v) is 5.06. The van der Waals surface area contributed by atoms with Crippen LogP contribution in [-0.4, -0.2) is 55.1 Å². The van der Waals surface area contributed by atoms with Gasteiger partial charge in [0.15, 0.2) is 0 Å². The minimum atomic E-state index is -0.426. The van der Waals surface area contributed by atoms with Gasteiger partial charge in [-0.05, 0) is 26.1 Å². The highest BCUT2D eigenvalue weighted by Crippen LogP contribution is 2.20. The lowest BCUT2D eigenvalue weighted by molar-refractivity contribution is 0.1000. The molecule has 19 heavy (non-hydrogen) atoms. The number of nitrogens with two attached hydrogens (primary N) is 2. The molecule has 6 heteroatoms. The van der Waals surface area contributed by atoms with Crippen molar-refractivity contribution in [1.82, 2.24) is 9.88 Å². The third kappa shape index (κ3) is 3.02. The van der Waals surface area contributed by atoms with Crippen LogP contribution in [0.25, 0.3) is 0 Å². The molecule has 1 unspecified atom stereocenters. The van der Waals surface area contributed by atoms with Crippen molar-refractivity contribution >= 4 is 11.7 Å². The van der Waals surface area contributed by atoms with E-state index in [4.69, 9.17) is 11.5 Å². The fourth-order valence-electron chi connectivity index (χ4n) is 2.45. The number of aryl methyl sites for hydroxylation is 1. The van der Waals surface area contributed by atoms with Crippen LogP contribution < -0.4 is 16.4 Å². The number of rotatable bonds is 3. The fraction of sp³-hybridized carbons (Fsp3) is 0.538. The summed E-state index contributed by atoms with van der Waals surface area (Å²) in [6, 6.07) is 3.68. The van der Waals surface area contributed by atoms with Gasteiger partial charge in [0.25, 0.3) is 0 Å². The molecule has 2 heterocycles. The summed E-state index contributed by atoms with van der Waals surface area (Å²) < 4.78 is 0. The van der Waals surface area contributed by atoms with Crippen molar-refractivity contribution in [1.29, 1.82) is 0 Å². The van der Waals surface area contributed by atoms with Crippen molar-refractivity contribution in [2.24, 2.45) is 11.5 Å². The van der Waals surface area contributed by atoms with Crippen LogP contribution in [0.4, 0.5) is 5.82 Å². The lowest BCUT2D eigenvalue weighted by atomic mass is 10.1. The Morgan fingerprint density at radius 3 is 2.84 bits per heavy atom. The van der Waals surface area contributed by atoms with Gasteiger partial charge in [-0.1, -0.05) is 0 Å². The van der Waals surface area contributed by atoms with Crippen LogP contribution in [0.3, 0.4) is 0 Å². The van der Waals surface area contributed by atoms with Gasteiger partial charge >= 0.3 is 0 Å². The number of carbonyl (C=O) groups excluding carboxylic acids is 1. The van der Waals surface area contributed by atoms with Gasteiger partial charge in [-0.25, -0.2) is 4.98 Å². The third-order valence-corrected chi connectivity index (χ3v) is 3.48. The number of piperazine rings is 1. The maximum absolute atomic E-state index is 11.3. The van der Waals surface area contributed by atoms with E-state index in [2.05, 4.69) is 21.8 Å². The molecule has 6 nitrogen and oxygen atoms in total. The summed E-state index contributed by atoms with van der Waals surface area (Å²) in [4.78, 5) is 20.3. The number of hydrogen-bond donors (Lipinski definition) is 2. The Morgan fingerprint density at radius 2 is 2.21 bits per heavy atom. The van der Waals surface area contributed by atoms with E-state index in [9.17, 15) is 4.79 Å². The lowest BCUT2D eigenvalue weighted by Gasteiger charge is -2.40. The van der Waals surface area contributed by atoms with Gasteiger partial charge in [0, 0.05) is 37.4 Å². The fourth-order valence-corrected chi connectivity index (χ4v) is 2.45. The minimum Gasteiger partial charge on any atom is -0.366 e. The summed E-state index contributed by atoms with van der Waals surface area (Å²) in [5.41, 5.74) is 12.5. The molecule has 0 aromatic carbocycles. The highest BCUT2D eigenvalue weighted by Gasteiger charge is 2.25. The van der Waals surface area contributed by atoms with Crippen LogP contribution in [0.1, 0.15) is 16.1 Å². The average Bonchev–Trinajstić information content (AvgIpc) is 2.37. The molecular weight excluding hydrogens is 242 g/mol. The molecule has 1 aliphatic heterocycles. The molecule has 0 spiro atoms. The molecule has 1 fully saturated rings. The zero-order valence-corrected chi connectivity index (χ0v) is 11.5. The van der Waals surface area contributed by atoms with Gasteiger partial charge in [0.2, 0.25) is 5.91 Å². The van der Waals surface area contributed by atoms with E-state index in [1.54, 1.807) is 12.1 Å². The maximum atomic E-state index is 11.3. The molecule has 0 aliphatic carbocycles. The Balaban J connectivity index is 2.32. The normalized spacial score (nSPS) is 20.6. The van der Waals surface area contributed by atoms with E-state index >= 15 is 0 Å². The molecule has 0 saturated carbocycles. The van der Waals surface area contributed by atoms with Gasteiger partial charge in [0.05, 0.1) is 6.04 Å². The molecule has 1 saturated heterocycles. The SMILES string of the molecule is Cc1cc(C(N)=O)cc(N2CCN(C)CC2CN)n1. The molecule has 1 aromatic rings. The van der Waals surface area contributed by atoms with E-state index in [1.165, 1.54) is 0 Å². The first kappa shape index (κ1) is 13.8. The number of primary amides is 1. The van der Waals surface area contributed by atoms with Gasteiger partial charge in [-0.3, -0.25) is 4.79 Å². The Hall–Kier alpha value is -1.66. The van der Waals surface area contributed by atoms with Crippen LogP contribution >= 0.6 is 0 Å². The summed E-state index contributed by atoms with van der Waals surface area (Å²) in [7, 11) is 2.08. The molecule has 1 amide bonds. The van der Waals surface area contributed by atoms with Crippen LogP contribution in [0, 0.1) is 6.92 Å². The highest BCUT2D eigenvalue weighted by atomic mass is 16.1. The van der Waals surface area contributed by atoms with Crippen LogP contribution in [0.2, 0.25) is 0 Å². The van der Waals surface area contributed by atoms with Gasteiger partial charge < -0.3 is 21.3 Å². The zero-order valence-electron chi connectivity index (χ0n) is 11.5. The molecule has 0 radical (unpaired) electrons. The Labute approximate surface area is 113 Å². The number of pyridine rings is 1. The molecule has 0 bridgehead atoms. The number of nitrogens with zero attached hydrogens (tertiary/aromatic N) is 3. The lowest BCUT2D eigenvalue weighted by Crippen LogP contribution is -2.55. The predicted molar refractivity (Wildman–Crippen MR) is 75.2 cm³/mol. The van der Waals surface area contributed by atoms with Crippen molar-refractivity contribution in [3.8, 4) is 0 Å². The Kier molecular flexibility index (Phi) is 4.01. The first-order valence-electron chi connectivity index (χ1n) is 6.45. The highest BCUT2D eigenvalue weighted by molar-refractivity contribution is 5.93. The quantitative estimate of drug-likeness (QED) is 0.772. The number of carbonyl (C=O) groups is 1. The number of aromatic nitrogens is 1. The minimum absolute atomic E-state index is 0.216. The van der Waals surface area contributed by atoms with Crippen LogP contribution in [0.15, 0.2) is 12.1 Å². The predicted octanol–water partition coefficient (Wildman–Crippen LogP) is -0.432. The van der Waals surface area contributed by atoms with Crippen molar-refractivity contribution in [3.05, 3.63) is 23.4 Å². The number of anilines is 1. The van der Waals surface area contributed by atoms with E-state index in [1.807, 2.05) is 6.92 Å². The number of amides is 1. The summed E-state index contributed by atoms with van der Waals surface area (Å²) in [6.07, 6.45) is 0. The molecule has 1 atom stereocenters. The second kappa shape index (κ2) is 5.54. The van der Waals surface area contributed by atoms with E-state index in [0.29, 0.717) is 12.1 Å². The molecule has 104 valence electrons. The Bertz CT molecular complexity index is 476. The monoisotopic (exact) mass is 263 g/mol. The van der Waals surface area contributed by atoms with E-state index < -0.39 is 5.91 Å². The van der Waals surface area contributed by atoms with Gasteiger partial charge in [-0.2, -0.15) is 0 Å². The van der Waals surface area contributed by atoms with E-state index in [-0.39, 0.29) is 6.04 Å². The zero-order chi connectivity index (χ0) is 14.0. The smallest absolute Gasteiger partial charge is 0.248 e. The van der Waals surface area contributed by atoms with Crippen molar-refractivity contribution in [2.45, 2.75) is 13.0 Å². The maximum Gasteiger partial charge on any atom is 0.248 e. The van der Waals surface area contributed by atoms with Gasteiger partial charge in [0.1, 0.15) is 5.82 Å². The summed E-state index contributed by atoms with van der Waals surface area (Å²) in [6.45, 7) is 5.14. The number of likely N-dealkylation sites (N-methyl/N-ethyl adjacent to an activating group) is 1. The Morgan fingerprint density at radius 1 is 1.47 bits per heavy atom. The summed E-state index contributed by atoms with van der Waals surface area (Å²) >= 11 is 0. The first-order valence-corrected chi connectivity index (χ1v) is 6.45. The first-order chi connectivity index (χ1) is 9.01.